The van der Waals surface area contributed by atoms with Gasteiger partial charge in [-0.2, -0.15) is 4.31 Å². The molecule has 2 aromatic rings. The lowest BCUT2D eigenvalue weighted by atomic mass is 10.2. The van der Waals surface area contributed by atoms with Crippen molar-refractivity contribution in [3.63, 3.8) is 0 Å². The van der Waals surface area contributed by atoms with Crippen molar-refractivity contribution < 1.29 is 18.0 Å². The molecule has 1 aromatic carbocycles. The summed E-state index contributed by atoms with van der Waals surface area (Å²) in [5.74, 6) is -0.719. The van der Waals surface area contributed by atoms with Gasteiger partial charge < -0.3 is 15.2 Å². The SMILES string of the molecule is CCN(CC)S(=O)(=O)c1ccc(=O)n(CC(=O)Nc2cccc(C(=O)NC3CC3)c2)c1. The number of aromatic nitrogens is 1. The number of pyridine rings is 1. The zero-order valence-electron chi connectivity index (χ0n) is 17.5. The van der Waals surface area contributed by atoms with Crippen molar-refractivity contribution in [3.05, 3.63) is 58.5 Å². The Bertz CT molecular complexity index is 1130. The molecule has 1 heterocycles. The van der Waals surface area contributed by atoms with Gasteiger partial charge in [-0.05, 0) is 37.1 Å². The van der Waals surface area contributed by atoms with E-state index in [1.54, 1.807) is 38.1 Å². The van der Waals surface area contributed by atoms with E-state index in [2.05, 4.69) is 10.6 Å². The molecule has 10 heteroatoms. The van der Waals surface area contributed by atoms with E-state index in [-0.39, 0.29) is 23.4 Å². The maximum absolute atomic E-state index is 12.7. The first-order chi connectivity index (χ1) is 14.7. The molecule has 3 rings (SSSR count). The Hall–Kier alpha value is -2.98. The van der Waals surface area contributed by atoms with Crippen molar-refractivity contribution in [2.75, 3.05) is 18.4 Å². The molecule has 0 unspecified atom stereocenters. The van der Waals surface area contributed by atoms with E-state index in [9.17, 15) is 22.8 Å². The molecule has 1 aliphatic rings. The molecule has 0 atom stereocenters. The van der Waals surface area contributed by atoms with Crippen LogP contribution in [0.15, 0.2) is 52.3 Å². The number of nitrogens with zero attached hydrogens (tertiary/aromatic N) is 2. The van der Waals surface area contributed by atoms with Crippen molar-refractivity contribution in [1.82, 2.24) is 14.2 Å². The maximum atomic E-state index is 12.7. The average molecular weight is 447 g/mol. The van der Waals surface area contributed by atoms with E-state index >= 15 is 0 Å². The Balaban J connectivity index is 1.73. The Morgan fingerprint density at radius 1 is 1.13 bits per heavy atom. The molecule has 0 saturated heterocycles. The third-order valence-electron chi connectivity index (χ3n) is 4.93. The Labute approximate surface area is 181 Å². The third-order valence-corrected chi connectivity index (χ3v) is 6.97. The molecule has 0 spiro atoms. The van der Waals surface area contributed by atoms with Gasteiger partial charge in [0.05, 0.1) is 4.90 Å². The molecular weight excluding hydrogens is 420 g/mol. The summed E-state index contributed by atoms with van der Waals surface area (Å²) < 4.78 is 27.7. The predicted octanol–water partition coefficient (Wildman–Crippen LogP) is 1.41. The van der Waals surface area contributed by atoms with Crippen molar-refractivity contribution in [2.45, 2.75) is 44.2 Å². The molecular formula is C21H26N4O5S. The standard InChI is InChI=1S/C21H26N4O5S/c1-3-25(4-2)31(29,30)18-10-11-20(27)24(13-18)14-19(26)22-17-7-5-6-15(12-17)21(28)23-16-8-9-16/h5-7,10-13,16H,3-4,8-9,14H2,1-2H3,(H,22,26)(H,23,28). The van der Waals surface area contributed by atoms with Crippen molar-refractivity contribution in [1.29, 1.82) is 0 Å². The van der Waals surface area contributed by atoms with Crippen LogP contribution >= 0.6 is 0 Å². The fraction of sp³-hybridized carbons (Fsp3) is 0.381. The Morgan fingerprint density at radius 3 is 2.48 bits per heavy atom. The van der Waals surface area contributed by atoms with Gasteiger partial charge in [0, 0.05) is 42.6 Å². The van der Waals surface area contributed by atoms with Gasteiger partial charge in [-0.3, -0.25) is 14.4 Å². The van der Waals surface area contributed by atoms with Crippen molar-refractivity contribution >= 4 is 27.5 Å². The summed E-state index contributed by atoms with van der Waals surface area (Å²) >= 11 is 0. The number of rotatable bonds is 9. The Kier molecular flexibility index (Phi) is 6.91. The zero-order chi connectivity index (χ0) is 22.6. The highest BCUT2D eigenvalue weighted by molar-refractivity contribution is 7.89. The largest absolute Gasteiger partial charge is 0.349 e. The molecule has 0 radical (unpaired) electrons. The van der Waals surface area contributed by atoms with E-state index in [4.69, 9.17) is 0 Å². The van der Waals surface area contributed by atoms with Crippen LogP contribution in [0.25, 0.3) is 0 Å². The van der Waals surface area contributed by atoms with Crippen LogP contribution in [0.2, 0.25) is 0 Å². The van der Waals surface area contributed by atoms with Gasteiger partial charge in [-0.25, -0.2) is 8.42 Å². The van der Waals surface area contributed by atoms with Gasteiger partial charge in [0.1, 0.15) is 6.54 Å². The first kappa shape index (κ1) is 22.7. The smallest absolute Gasteiger partial charge is 0.251 e. The number of carbonyl (C=O) groups excluding carboxylic acids is 2. The fourth-order valence-corrected chi connectivity index (χ4v) is 4.57. The molecule has 1 aromatic heterocycles. The van der Waals surface area contributed by atoms with Crippen molar-refractivity contribution in [2.24, 2.45) is 0 Å². The molecule has 166 valence electrons. The van der Waals surface area contributed by atoms with Crippen LogP contribution in [-0.2, 0) is 21.4 Å². The van der Waals surface area contributed by atoms with Crippen LogP contribution in [-0.4, -0.2) is 48.2 Å². The fourth-order valence-electron chi connectivity index (χ4n) is 3.09. The van der Waals surface area contributed by atoms with Gasteiger partial charge in [0.25, 0.3) is 11.5 Å². The van der Waals surface area contributed by atoms with Gasteiger partial charge in [-0.15, -0.1) is 0 Å². The van der Waals surface area contributed by atoms with Crippen LogP contribution in [0, 0.1) is 0 Å². The van der Waals surface area contributed by atoms with Gasteiger partial charge in [0.15, 0.2) is 0 Å². The maximum Gasteiger partial charge on any atom is 0.251 e. The molecule has 1 fully saturated rings. The average Bonchev–Trinajstić information content (AvgIpc) is 3.54. The number of nitrogens with one attached hydrogen (secondary N) is 2. The molecule has 0 bridgehead atoms. The summed E-state index contributed by atoms with van der Waals surface area (Å²) in [5.41, 5.74) is 0.341. The van der Waals surface area contributed by atoms with Crippen LogP contribution in [0.3, 0.4) is 0 Å². The highest BCUT2D eigenvalue weighted by Crippen LogP contribution is 2.20. The van der Waals surface area contributed by atoms with Crippen LogP contribution in [0.4, 0.5) is 5.69 Å². The molecule has 2 N–H and O–H groups in total. The van der Waals surface area contributed by atoms with Gasteiger partial charge in [-0.1, -0.05) is 19.9 Å². The lowest BCUT2D eigenvalue weighted by molar-refractivity contribution is -0.116. The lowest BCUT2D eigenvalue weighted by Crippen LogP contribution is -2.33. The number of hydrogen-bond donors (Lipinski definition) is 2. The molecule has 1 saturated carbocycles. The van der Waals surface area contributed by atoms with Crippen molar-refractivity contribution in [3.8, 4) is 0 Å². The first-order valence-electron chi connectivity index (χ1n) is 10.2. The van der Waals surface area contributed by atoms with E-state index in [1.807, 2.05) is 0 Å². The van der Waals surface area contributed by atoms with E-state index < -0.39 is 21.5 Å². The number of hydrogen-bond acceptors (Lipinski definition) is 5. The van der Waals surface area contributed by atoms with E-state index in [0.29, 0.717) is 24.3 Å². The van der Waals surface area contributed by atoms with E-state index in [0.717, 1.165) is 23.5 Å². The number of amides is 2. The van der Waals surface area contributed by atoms with Crippen LogP contribution in [0.5, 0.6) is 0 Å². The second kappa shape index (κ2) is 9.44. The summed E-state index contributed by atoms with van der Waals surface area (Å²) in [6.45, 7) is 3.68. The van der Waals surface area contributed by atoms with Gasteiger partial charge >= 0.3 is 0 Å². The topological polar surface area (TPSA) is 118 Å². The highest BCUT2D eigenvalue weighted by atomic mass is 32.2. The van der Waals surface area contributed by atoms with E-state index in [1.165, 1.54) is 16.6 Å². The summed E-state index contributed by atoms with van der Waals surface area (Å²) in [5, 5.41) is 5.53. The molecule has 2 amide bonds. The first-order valence-corrected chi connectivity index (χ1v) is 11.6. The summed E-state index contributed by atoms with van der Waals surface area (Å²) in [7, 11) is -3.76. The normalized spacial score (nSPS) is 13.8. The monoisotopic (exact) mass is 446 g/mol. The van der Waals surface area contributed by atoms with Gasteiger partial charge in [0.2, 0.25) is 15.9 Å². The molecule has 31 heavy (non-hydrogen) atoms. The number of anilines is 1. The number of benzene rings is 1. The summed E-state index contributed by atoms with van der Waals surface area (Å²) in [6.07, 6.45) is 3.12. The van der Waals surface area contributed by atoms with Crippen LogP contribution in [0.1, 0.15) is 37.0 Å². The quantitative estimate of drug-likeness (QED) is 0.604. The summed E-state index contributed by atoms with van der Waals surface area (Å²) in [6, 6.07) is 9.09. The van der Waals surface area contributed by atoms with Crippen LogP contribution < -0.4 is 16.2 Å². The minimum Gasteiger partial charge on any atom is -0.349 e. The minimum absolute atomic E-state index is 0.0534. The molecule has 9 nitrogen and oxygen atoms in total. The highest BCUT2D eigenvalue weighted by Gasteiger charge is 2.24. The lowest BCUT2D eigenvalue weighted by Gasteiger charge is -2.19. The minimum atomic E-state index is -3.76. The predicted molar refractivity (Wildman–Crippen MR) is 116 cm³/mol. The number of sulfonamides is 1. The second-order valence-corrected chi connectivity index (χ2v) is 9.23. The molecule has 0 aliphatic heterocycles. The summed E-state index contributed by atoms with van der Waals surface area (Å²) in [4.78, 5) is 36.8. The second-order valence-electron chi connectivity index (χ2n) is 7.30. The Morgan fingerprint density at radius 2 is 1.84 bits per heavy atom. The molecule has 1 aliphatic carbocycles. The third kappa shape index (κ3) is 5.59. The number of carbonyl (C=O) groups is 2. The zero-order valence-corrected chi connectivity index (χ0v) is 18.3.